The molecule has 0 aliphatic carbocycles. The lowest BCUT2D eigenvalue weighted by Gasteiger charge is -2.10. The smallest absolute Gasteiger partial charge is 0.270 e. The third-order valence-electron chi connectivity index (χ3n) is 2.99. The molecule has 0 atom stereocenters. The van der Waals surface area contributed by atoms with E-state index in [1.807, 2.05) is 25.1 Å². The largest absolute Gasteiger partial charge is 0.383 e. The second-order valence-electron chi connectivity index (χ2n) is 4.55. The Hall–Kier alpha value is -2.18. The van der Waals surface area contributed by atoms with E-state index < -0.39 is 0 Å². The fraction of sp³-hybridized carbons (Fsp3) is 0.267. The third kappa shape index (κ3) is 4.16. The molecule has 0 saturated heterocycles. The van der Waals surface area contributed by atoms with Gasteiger partial charge in [0.2, 0.25) is 5.95 Å². The highest BCUT2D eigenvalue weighted by Crippen LogP contribution is 2.24. The number of ether oxygens (including phenoxy) is 1. The zero-order chi connectivity index (χ0) is 15.9. The summed E-state index contributed by atoms with van der Waals surface area (Å²) in [6.45, 7) is 2.77. The number of carbonyl (C=O) groups excluding carboxylic acids is 1. The summed E-state index contributed by atoms with van der Waals surface area (Å²) in [4.78, 5) is 20.3. The number of carbonyl (C=O) groups is 1. The van der Waals surface area contributed by atoms with E-state index in [0.29, 0.717) is 24.1 Å². The van der Waals surface area contributed by atoms with Crippen molar-refractivity contribution in [2.75, 3.05) is 25.6 Å². The predicted molar refractivity (Wildman–Crippen MR) is 85.7 cm³/mol. The van der Waals surface area contributed by atoms with Gasteiger partial charge in [0.05, 0.1) is 6.61 Å². The first kappa shape index (κ1) is 16.2. The van der Waals surface area contributed by atoms with Crippen molar-refractivity contribution in [1.82, 2.24) is 15.3 Å². The van der Waals surface area contributed by atoms with Crippen LogP contribution in [0.3, 0.4) is 0 Å². The molecule has 7 heteroatoms. The van der Waals surface area contributed by atoms with Crippen molar-refractivity contribution >= 4 is 29.1 Å². The van der Waals surface area contributed by atoms with Gasteiger partial charge in [0.15, 0.2) is 0 Å². The summed E-state index contributed by atoms with van der Waals surface area (Å²) in [6, 6.07) is 7.07. The number of anilines is 2. The van der Waals surface area contributed by atoms with E-state index in [0.717, 1.165) is 11.3 Å². The van der Waals surface area contributed by atoms with E-state index >= 15 is 0 Å². The lowest BCUT2D eigenvalue weighted by molar-refractivity contribution is 0.0932. The molecule has 1 heterocycles. The van der Waals surface area contributed by atoms with Crippen molar-refractivity contribution in [1.29, 1.82) is 0 Å². The molecule has 0 fully saturated rings. The highest BCUT2D eigenvalue weighted by molar-refractivity contribution is 6.31. The van der Waals surface area contributed by atoms with Gasteiger partial charge < -0.3 is 15.4 Å². The SMILES string of the molecule is COCCNC(=O)c1ccnc(Nc2cccc(Cl)c2C)n1. The van der Waals surface area contributed by atoms with Gasteiger partial charge in [-0.2, -0.15) is 0 Å². The number of nitrogens with one attached hydrogen (secondary N) is 2. The Morgan fingerprint density at radius 2 is 2.18 bits per heavy atom. The molecule has 0 aliphatic rings. The highest BCUT2D eigenvalue weighted by atomic mass is 35.5. The van der Waals surface area contributed by atoms with Gasteiger partial charge in [-0.15, -0.1) is 0 Å². The zero-order valence-corrected chi connectivity index (χ0v) is 13.1. The van der Waals surface area contributed by atoms with Crippen LogP contribution in [0.5, 0.6) is 0 Å². The second kappa shape index (κ2) is 7.72. The fourth-order valence-corrected chi connectivity index (χ4v) is 1.94. The van der Waals surface area contributed by atoms with Gasteiger partial charge in [-0.1, -0.05) is 17.7 Å². The van der Waals surface area contributed by atoms with Crippen LogP contribution in [0, 0.1) is 6.92 Å². The van der Waals surface area contributed by atoms with E-state index in [-0.39, 0.29) is 11.6 Å². The van der Waals surface area contributed by atoms with Crippen LogP contribution >= 0.6 is 11.6 Å². The number of halogens is 1. The highest BCUT2D eigenvalue weighted by Gasteiger charge is 2.09. The summed E-state index contributed by atoms with van der Waals surface area (Å²) in [5.41, 5.74) is 1.97. The van der Waals surface area contributed by atoms with Crippen LogP contribution in [0.15, 0.2) is 30.5 Å². The monoisotopic (exact) mass is 320 g/mol. The molecule has 22 heavy (non-hydrogen) atoms. The quantitative estimate of drug-likeness (QED) is 0.800. The maximum absolute atomic E-state index is 11.9. The molecule has 0 unspecified atom stereocenters. The summed E-state index contributed by atoms with van der Waals surface area (Å²) in [5.74, 6) is 0.0649. The van der Waals surface area contributed by atoms with Crippen molar-refractivity contribution in [3.05, 3.63) is 46.7 Å². The van der Waals surface area contributed by atoms with Crippen LogP contribution in [-0.4, -0.2) is 36.1 Å². The van der Waals surface area contributed by atoms with Crippen LogP contribution in [-0.2, 0) is 4.74 Å². The molecule has 0 bridgehead atoms. The van der Waals surface area contributed by atoms with Crippen molar-refractivity contribution in [2.45, 2.75) is 6.92 Å². The topological polar surface area (TPSA) is 76.1 Å². The van der Waals surface area contributed by atoms with E-state index in [4.69, 9.17) is 16.3 Å². The summed E-state index contributed by atoms with van der Waals surface area (Å²) < 4.78 is 4.88. The van der Waals surface area contributed by atoms with Gasteiger partial charge in [-0.25, -0.2) is 9.97 Å². The van der Waals surface area contributed by atoms with Crippen molar-refractivity contribution in [2.24, 2.45) is 0 Å². The van der Waals surface area contributed by atoms with Gasteiger partial charge in [-0.05, 0) is 30.7 Å². The van der Waals surface area contributed by atoms with Crippen LogP contribution in [0.2, 0.25) is 5.02 Å². The molecule has 2 rings (SSSR count). The normalized spacial score (nSPS) is 10.3. The Morgan fingerprint density at radius 3 is 2.95 bits per heavy atom. The number of amides is 1. The van der Waals surface area contributed by atoms with Crippen LogP contribution < -0.4 is 10.6 Å². The summed E-state index contributed by atoms with van der Waals surface area (Å²) in [5, 5.41) is 6.42. The van der Waals surface area contributed by atoms with E-state index in [1.165, 1.54) is 6.20 Å². The van der Waals surface area contributed by atoms with Crippen LogP contribution in [0.25, 0.3) is 0 Å². The first-order valence-corrected chi connectivity index (χ1v) is 7.12. The van der Waals surface area contributed by atoms with Gasteiger partial charge >= 0.3 is 0 Å². The maximum Gasteiger partial charge on any atom is 0.270 e. The molecule has 0 aliphatic heterocycles. The Kier molecular flexibility index (Phi) is 5.68. The average molecular weight is 321 g/mol. The fourth-order valence-electron chi connectivity index (χ4n) is 1.77. The second-order valence-corrected chi connectivity index (χ2v) is 4.96. The molecule has 6 nitrogen and oxygen atoms in total. The third-order valence-corrected chi connectivity index (χ3v) is 3.40. The molecule has 1 aromatic heterocycles. The molecule has 1 aromatic carbocycles. The van der Waals surface area contributed by atoms with E-state index in [1.54, 1.807) is 13.2 Å². The number of benzene rings is 1. The molecule has 0 saturated carbocycles. The first-order chi connectivity index (χ1) is 10.6. The number of nitrogens with zero attached hydrogens (tertiary/aromatic N) is 2. The Bertz CT molecular complexity index is 664. The standard InChI is InChI=1S/C15H17ClN4O2/c1-10-11(16)4-3-5-12(10)19-15-18-7-6-13(20-15)14(21)17-8-9-22-2/h3-7H,8-9H2,1-2H3,(H,17,21)(H,18,19,20). The maximum atomic E-state index is 11.9. The molecular formula is C15H17ClN4O2. The van der Waals surface area contributed by atoms with Crippen LogP contribution in [0.4, 0.5) is 11.6 Å². The molecule has 2 N–H and O–H groups in total. The van der Waals surface area contributed by atoms with Crippen molar-refractivity contribution in [3.63, 3.8) is 0 Å². The molecule has 0 radical (unpaired) electrons. The lowest BCUT2D eigenvalue weighted by atomic mass is 10.2. The minimum atomic E-state index is -0.273. The molecule has 116 valence electrons. The Labute approximate surface area is 133 Å². The van der Waals surface area contributed by atoms with Gasteiger partial charge in [0, 0.05) is 30.6 Å². The van der Waals surface area contributed by atoms with Crippen LogP contribution in [0.1, 0.15) is 16.1 Å². The first-order valence-electron chi connectivity index (χ1n) is 6.74. The Morgan fingerprint density at radius 1 is 1.36 bits per heavy atom. The minimum absolute atomic E-state index is 0.273. The number of hydrogen-bond donors (Lipinski definition) is 2. The van der Waals surface area contributed by atoms with Gasteiger partial charge in [0.25, 0.3) is 5.91 Å². The molecular weight excluding hydrogens is 304 g/mol. The van der Waals surface area contributed by atoms with Crippen molar-refractivity contribution < 1.29 is 9.53 Å². The summed E-state index contributed by atoms with van der Waals surface area (Å²) >= 11 is 6.08. The summed E-state index contributed by atoms with van der Waals surface area (Å²) in [7, 11) is 1.58. The predicted octanol–water partition coefficient (Wildman–Crippen LogP) is 2.56. The van der Waals surface area contributed by atoms with Crippen molar-refractivity contribution in [3.8, 4) is 0 Å². The van der Waals surface area contributed by atoms with E-state index in [9.17, 15) is 4.79 Å². The average Bonchev–Trinajstić information content (AvgIpc) is 2.52. The van der Waals surface area contributed by atoms with Gasteiger partial charge in [0.1, 0.15) is 5.69 Å². The minimum Gasteiger partial charge on any atom is -0.383 e. The molecule has 0 spiro atoms. The zero-order valence-electron chi connectivity index (χ0n) is 12.4. The van der Waals surface area contributed by atoms with E-state index in [2.05, 4.69) is 20.6 Å². The summed E-state index contributed by atoms with van der Waals surface area (Å²) in [6.07, 6.45) is 1.53. The Balaban J connectivity index is 2.11. The lowest BCUT2D eigenvalue weighted by Crippen LogP contribution is -2.27. The molecule has 2 aromatic rings. The van der Waals surface area contributed by atoms with Gasteiger partial charge in [-0.3, -0.25) is 4.79 Å². The number of methoxy groups -OCH3 is 1. The number of hydrogen-bond acceptors (Lipinski definition) is 5. The number of aromatic nitrogens is 2. The number of rotatable bonds is 6. The molecule has 1 amide bonds.